The van der Waals surface area contributed by atoms with E-state index < -0.39 is 0 Å². The molecule has 2 aromatic rings. The number of aryl methyl sites for hydroxylation is 2. The smallest absolute Gasteiger partial charge is 0.254 e. The molecule has 0 saturated carbocycles. The van der Waals surface area contributed by atoms with E-state index in [-0.39, 0.29) is 11.5 Å². The van der Waals surface area contributed by atoms with Crippen molar-refractivity contribution >= 4 is 5.91 Å². The van der Waals surface area contributed by atoms with E-state index in [0.717, 1.165) is 23.5 Å². The number of rotatable bonds is 5. The number of nitrogens with one attached hydrogen (secondary N) is 1. The minimum atomic E-state index is -0.244. The molecule has 1 amide bonds. The van der Waals surface area contributed by atoms with E-state index in [1.807, 2.05) is 25.5 Å². The molecule has 0 bridgehead atoms. The molecule has 22 heavy (non-hydrogen) atoms. The fourth-order valence-corrected chi connectivity index (χ4v) is 2.42. The van der Waals surface area contributed by atoms with Crippen molar-refractivity contribution in [3.63, 3.8) is 0 Å². The number of carbonyl (C=O) groups excluding carboxylic acids is 1. The number of aromatic amines is 1. The highest BCUT2D eigenvalue weighted by atomic mass is 16.2. The summed E-state index contributed by atoms with van der Waals surface area (Å²) < 4.78 is 1.90. The second-order valence-electron chi connectivity index (χ2n) is 5.34. The third-order valence-corrected chi connectivity index (χ3v) is 3.79. The van der Waals surface area contributed by atoms with Gasteiger partial charge < -0.3 is 9.88 Å². The molecule has 0 aromatic carbocycles. The van der Waals surface area contributed by atoms with Crippen molar-refractivity contribution < 1.29 is 4.79 Å². The Morgan fingerprint density at radius 3 is 2.68 bits per heavy atom. The Bertz CT molecular complexity index is 730. The van der Waals surface area contributed by atoms with Gasteiger partial charge in [0.15, 0.2) is 0 Å². The topological polar surface area (TPSA) is 71.0 Å². The Hall–Kier alpha value is -2.37. The van der Waals surface area contributed by atoms with Crippen LogP contribution < -0.4 is 5.56 Å². The first-order valence-corrected chi connectivity index (χ1v) is 7.46. The molecule has 0 saturated heterocycles. The quantitative estimate of drug-likeness (QED) is 0.914. The molecule has 2 rings (SSSR count). The Morgan fingerprint density at radius 2 is 2.09 bits per heavy atom. The van der Waals surface area contributed by atoms with Crippen molar-refractivity contribution in [2.45, 2.75) is 40.3 Å². The Kier molecular flexibility index (Phi) is 4.80. The lowest BCUT2D eigenvalue weighted by molar-refractivity contribution is 0.0784. The summed E-state index contributed by atoms with van der Waals surface area (Å²) in [6.45, 7) is 7.23. The standard InChI is InChI=1S/C16H22N4O2/c1-5-14-7-12(8-15(21)18-14)16(22)19(4)10-13-9-17-20(6-2)11(13)3/h7-9H,5-6,10H2,1-4H3,(H,18,21). The average Bonchev–Trinajstić information content (AvgIpc) is 2.86. The lowest BCUT2D eigenvalue weighted by Gasteiger charge is -2.17. The zero-order chi connectivity index (χ0) is 16.3. The summed E-state index contributed by atoms with van der Waals surface area (Å²) in [6.07, 6.45) is 2.47. The van der Waals surface area contributed by atoms with Crippen molar-refractivity contribution in [1.82, 2.24) is 19.7 Å². The van der Waals surface area contributed by atoms with Crippen LogP contribution in [0.5, 0.6) is 0 Å². The summed E-state index contributed by atoms with van der Waals surface area (Å²) in [5.74, 6) is -0.163. The fourth-order valence-electron chi connectivity index (χ4n) is 2.42. The van der Waals surface area contributed by atoms with E-state index in [4.69, 9.17) is 0 Å². The van der Waals surface area contributed by atoms with Crippen LogP contribution in [0.3, 0.4) is 0 Å². The predicted octanol–water partition coefficient (Wildman–Crippen LogP) is 1.73. The average molecular weight is 302 g/mol. The molecule has 0 unspecified atom stereocenters. The van der Waals surface area contributed by atoms with Gasteiger partial charge in [0, 0.05) is 48.7 Å². The third-order valence-electron chi connectivity index (χ3n) is 3.79. The van der Waals surface area contributed by atoms with E-state index in [2.05, 4.69) is 10.1 Å². The van der Waals surface area contributed by atoms with Crippen molar-refractivity contribution in [2.24, 2.45) is 0 Å². The van der Waals surface area contributed by atoms with Gasteiger partial charge in [0.2, 0.25) is 5.56 Å². The third kappa shape index (κ3) is 3.27. The number of amides is 1. The second-order valence-corrected chi connectivity index (χ2v) is 5.34. The van der Waals surface area contributed by atoms with Crippen LogP contribution in [0.25, 0.3) is 0 Å². The summed E-state index contributed by atoms with van der Waals surface area (Å²) in [4.78, 5) is 28.4. The highest BCUT2D eigenvalue weighted by Crippen LogP contribution is 2.12. The molecule has 6 nitrogen and oxygen atoms in total. The second kappa shape index (κ2) is 6.60. The van der Waals surface area contributed by atoms with Crippen LogP contribution >= 0.6 is 0 Å². The highest BCUT2D eigenvalue weighted by molar-refractivity contribution is 5.94. The van der Waals surface area contributed by atoms with Gasteiger partial charge in [-0.2, -0.15) is 5.10 Å². The number of aromatic nitrogens is 3. The molecule has 2 aromatic heterocycles. The maximum atomic E-state index is 12.5. The van der Waals surface area contributed by atoms with E-state index in [0.29, 0.717) is 18.5 Å². The number of pyridine rings is 1. The van der Waals surface area contributed by atoms with Crippen LogP contribution in [0.2, 0.25) is 0 Å². The van der Waals surface area contributed by atoms with Crippen LogP contribution in [0, 0.1) is 6.92 Å². The summed E-state index contributed by atoms with van der Waals surface area (Å²) in [5.41, 5.74) is 3.01. The number of H-pyrrole nitrogens is 1. The normalized spacial score (nSPS) is 10.7. The maximum Gasteiger partial charge on any atom is 0.254 e. The molecule has 0 fully saturated rings. The molecular formula is C16H22N4O2. The zero-order valence-corrected chi connectivity index (χ0v) is 13.5. The summed E-state index contributed by atoms with van der Waals surface area (Å²) in [5, 5.41) is 4.28. The van der Waals surface area contributed by atoms with Crippen LogP contribution in [0.1, 0.15) is 41.2 Å². The summed E-state index contributed by atoms with van der Waals surface area (Å²) in [7, 11) is 1.73. The summed E-state index contributed by atoms with van der Waals surface area (Å²) >= 11 is 0. The largest absolute Gasteiger partial charge is 0.337 e. The van der Waals surface area contributed by atoms with Crippen LogP contribution in [0.4, 0.5) is 0 Å². The lowest BCUT2D eigenvalue weighted by Crippen LogP contribution is -2.28. The monoisotopic (exact) mass is 302 g/mol. The lowest BCUT2D eigenvalue weighted by atomic mass is 10.1. The molecule has 2 heterocycles. The van der Waals surface area contributed by atoms with Crippen LogP contribution in [-0.2, 0) is 19.5 Å². The predicted molar refractivity (Wildman–Crippen MR) is 84.9 cm³/mol. The fraction of sp³-hybridized carbons (Fsp3) is 0.438. The zero-order valence-electron chi connectivity index (χ0n) is 13.5. The number of carbonyl (C=O) groups is 1. The molecule has 0 aliphatic carbocycles. The first-order chi connectivity index (χ1) is 10.5. The van der Waals surface area contributed by atoms with Gasteiger partial charge in [0.05, 0.1) is 6.20 Å². The minimum absolute atomic E-state index is 0.163. The van der Waals surface area contributed by atoms with Crippen molar-refractivity contribution in [3.8, 4) is 0 Å². The van der Waals surface area contributed by atoms with Crippen molar-refractivity contribution in [3.05, 3.63) is 51.2 Å². The van der Waals surface area contributed by atoms with E-state index >= 15 is 0 Å². The molecular weight excluding hydrogens is 280 g/mol. The van der Waals surface area contributed by atoms with Crippen molar-refractivity contribution in [1.29, 1.82) is 0 Å². The van der Waals surface area contributed by atoms with Gasteiger partial charge in [0.1, 0.15) is 0 Å². The van der Waals surface area contributed by atoms with Crippen LogP contribution in [-0.4, -0.2) is 32.6 Å². The van der Waals surface area contributed by atoms with Gasteiger partial charge in [-0.3, -0.25) is 14.3 Å². The molecule has 6 heteroatoms. The molecule has 0 spiro atoms. The number of hydrogen-bond donors (Lipinski definition) is 1. The van der Waals surface area contributed by atoms with Gasteiger partial charge in [-0.25, -0.2) is 0 Å². The number of hydrogen-bond acceptors (Lipinski definition) is 3. The van der Waals surface area contributed by atoms with Gasteiger partial charge in [-0.05, 0) is 26.3 Å². The van der Waals surface area contributed by atoms with Gasteiger partial charge in [-0.15, -0.1) is 0 Å². The molecule has 1 N–H and O–H groups in total. The molecule has 0 aliphatic heterocycles. The van der Waals surface area contributed by atoms with Gasteiger partial charge in [0.25, 0.3) is 5.91 Å². The molecule has 0 radical (unpaired) electrons. The molecule has 0 atom stereocenters. The van der Waals surface area contributed by atoms with E-state index in [9.17, 15) is 9.59 Å². The van der Waals surface area contributed by atoms with Gasteiger partial charge >= 0.3 is 0 Å². The van der Waals surface area contributed by atoms with Gasteiger partial charge in [-0.1, -0.05) is 6.92 Å². The van der Waals surface area contributed by atoms with Crippen LogP contribution in [0.15, 0.2) is 23.1 Å². The Labute approximate surface area is 129 Å². The van der Waals surface area contributed by atoms with E-state index in [1.54, 1.807) is 24.2 Å². The van der Waals surface area contributed by atoms with Crippen molar-refractivity contribution in [2.75, 3.05) is 7.05 Å². The molecule has 118 valence electrons. The minimum Gasteiger partial charge on any atom is -0.337 e. The Morgan fingerprint density at radius 1 is 1.36 bits per heavy atom. The summed E-state index contributed by atoms with van der Waals surface area (Å²) in [6, 6.07) is 3.09. The SMILES string of the molecule is CCc1cc(C(=O)N(C)Cc2cnn(CC)c2C)cc(=O)[nH]1. The first-order valence-electron chi connectivity index (χ1n) is 7.46. The Balaban J connectivity index is 2.20. The van der Waals surface area contributed by atoms with E-state index in [1.165, 1.54) is 6.07 Å². The molecule has 0 aliphatic rings. The number of nitrogens with zero attached hydrogens (tertiary/aromatic N) is 3. The maximum absolute atomic E-state index is 12.5. The highest BCUT2D eigenvalue weighted by Gasteiger charge is 2.16. The first kappa shape index (κ1) is 16.0.